The van der Waals surface area contributed by atoms with Gasteiger partial charge in [0.25, 0.3) is 5.56 Å². The maximum Gasteiger partial charge on any atom is 0.290 e. The van der Waals surface area contributed by atoms with E-state index in [0.29, 0.717) is 11.7 Å². The molecule has 2 N–H and O–H groups in total. The third-order valence-corrected chi connectivity index (χ3v) is 2.22. The Kier molecular flexibility index (Phi) is 4.46. The number of nitrogens with zero attached hydrogens (tertiary/aromatic N) is 1. The van der Waals surface area contributed by atoms with Gasteiger partial charge in [-0.2, -0.15) is 0 Å². The zero-order chi connectivity index (χ0) is 10.4. The van der Waals surface area contributed by atoms with Gasteiger partial charge in [0, 0.05) is 24.3 Å². The highest BCUT2D eigenvalue weighted by atomic mass is 35.5. The van der Waals surface area contributed by atoms with Crippen LogP contribution in [0.2, 0.25) is 0 Å². The highest BCUT2D eigenvalue weighted by molar-refractivity contribution is 6.17. The van der Waals surface area contributed by atoms with E-state index >= 15 is 0 Å². The number of hydrogen-bond donors (Lipinski definition) is 2. The molecule has 1 aromatic heterocycles. The fourth-order valence-electron chi connectivity index (χ4n) is 1.16. The lowest BCUT2D eigenvalue weighted by atomic mass is 10.2. The van der Waals surface area contributed by atoms with Crippen molar-refractivity contribution in [3.8, 4) is 0 Å². The van der Waals surface area contributed by atoms with Crippen LogP contribution in [0.4, 0.5) is 5.82 Å². The Morgan fingerprint density at radius 3 is 3.07 bits per heavy atom. The predicted molar refractivity (Wildman–Crippen MR) is 57.9 cm³/mol. The number of anilines is 1. The Labute approximate surface area is 87.7 Å². The molecule has 0 aromatic carbocycles. The minimum absolute atomic E-state index is 0.194. The predicted octanol–water partition coefficient (Wildman–Crippen LogP) is 1.59. The van der Waals surface area contributed by atoms with Crippen LogP contribution in [0.15, 0.2) is 17.2 Å². The van der Waals surface area contributed by atoms with Crippen molar-refractivity contribution < 1.29 is 0 Å². The molecule has 0 radical (unpaired) electrons. The topological polar surface area (TPSA) is 57.8 Å². The van der Waals surface area contributed by atoms with Crippen LogP contribution in [0, 0.1) is 0 Å². The zero-order valence-electron chi connectivity index (χ0n) is 8.09. The first-order valence-electron chi connectivity index (χ1n) is 4.64. The first-order chi connectivity index (χ1) is 6.77. The molecule has 1 rings (SSSR count). The maximum absolute atomic E-state index is 11.3. The van der Waals surface area contributed by atoms with Crippen molar-refractivity contribution in [2.24, 2.45) is 0 Å². The number of aromatic amines is 1. The summed E-state index contributed by atoms with van der Waals surface area (Å²) in [6.45, 7) is 2.04. The molecule has 0 saturated heterocycles. The monoisotopic (exact) mass is 215 g/mol. The van der Waals surface area contributed by atoms with Gasteiger partial charge < -0.3 is 10.3 Å². The fraction of sp³-hybridized carbons (Fsp3) is 0.556. The minimum Gasteiger partial charge on any atom is -0.363 e. The van der Waals surface area contributed by atoms with Crippen LogP contribution >= 0.6 is 11.6 Å². The van der Waals surface area contributed by atoms with Crippen molar-refractivity contribution in [3.05, 3.63) is 22.7 Å². The second-order valence-corrected chi connectivity index (χ2v) is 3.37. The van der Waals surface area contributed by atoms with E-state index in [1.165, 1.54) is 6.20 Å². The van der Waals surface area contributed by atoms with Crippen LogP contribution in [-0.4, -0.2) is 21.9 Å². The lowest BCUT2D eigenvalue weighted by Crippen LogP contribution is -2.25. The van der Waals surface area contributed by atoms with Crippen molar-refractivity contribution >= 4 is 17.4 Å². The summed E-state index contributed by atoms with van der Waals surface area (Å²) < 4.78 is 0. The molecule has 0 aliphatic carbocycles. The Hall–Kier alpha value is -1.03. The number of halogens is 1. The van der Waals surface area contributed by atoms with Gasteiger partial charge in [-0.3, -0.25) is 4.79 Å². The summed E-state index contributed by atoms with van der Waals surface area (Å²) in [5.41, 5.74) is -0.194. The zero-order valence-corrected chi connectivity index (χ0v) is 8.84. The molecule has 1 unspecified atom stereocenters. The number of aromatic nitrogens is 2. The highest BCUT2D eigenvalue weighted by Crippen LogP contribution is 2.04. The quantitative estimate of drug-likeness (QED) is 0.734. The molecule has 1 atom stereocenters. The third kappa shape index (κ3) is 3.03. The summed E-state index contributed by atoms with van der Waals surface area (Å²) in [6, 6.07) is 0.212. The summed E-state index contributed by atoms with van der Waals surface area (Å²) in [5, 5.41) is 3.06. The normalized spacial score (nSPS) is 12.4. The Morgan fingerprint density at radius 2 is 2.50 bits per heavy atom. The molecule has 14 heavy (non-hydrogen) atoms. The number of nitrogens with one attached hydrogen (secondary N) is 2. The van der Waals surface area contributed by atoms with E-state index < -0.39 is 0 Å². The van der Waals surface area contributed by atoms with Gasteiger partial charge in [0.15, 0.2) is 5.82 Å². The number of rotatable bonds is 5. The van der Waals surface area contributed by atoms with Crippen LogP contribution in [0.25, 0.3) is 0 Å². The SMILES string of the molecule is CCC(CCCl)Nc1ncc[nH]c1=O. The highest BCUT2D eigenvalue weighted by Gasteiger charge is 2.07. The van der Waals surface area contributed by atoms with Gasteiger partial charge in [-0.25, -0.2) is 4.98 Å². The first-order valence-corrected chi connectivity index (χ1v) is 5.17. The van der Waals surface area contributed by atoms with Crippen LogP contribution in [0.1, 0.15) is 19.8 Å². The van der Waals surface area contributed by atoms with E-state index in [-0.39, 0.29) is 11.6 Å². The molecule has 0 aliphatic rings. The molecule has 1 heterocycles. The van der Waals surface area contributed by atoms with Crippen molar-refractivity contribution in [2.75, 3.05) is 11.2 Å². The van der Waals surface area contributed by atoms with E-state index in [1.54, 1.807) is 6.20 Å². The van der Waals surface area contributed by atoms with Crippen molar-refractivity contribution in [2.45, 2.75) is 25.8 Å². The molecule has 0 bridgehead atoms. The summed E-state index contributed by atoms with van der Waals surface area (Å²) in [4.78, 5) is 17.8. The molecule has 5 heteroatoms. The van der Waals surface area contributed by atoms with Gasteiger partial charge in [-0.1, -0.05) is 6.92 Å². The maximum atomic E-state index is 11.3. The number of alkyl halides is 1. The smallest absolute Gasteiger partial charge is 0.290 e. The van der Waals surface area contributed by atoms with Crippen molar-refractivity contribution in [1.82, 2.24) is 9.97 Å². The molecular weight excluding hydrogens is 202 g/mol. The molecule has 0 aliphatic heterocycles. The molecular formula is C9H14ClN3O. The third-order valence-electron chi connectivity index (χ3n) is 2.00. The summed E-state index contributed by atoms with van der Waals surface area (Å²) >= 11 is 5.63. The van der Waals surface area contributed by atoms with E-state index in [9.17, 15) is 4.79 Å². The van der Waals surface area contributed by atoms with E-state index in [0.717, 1.165) is 12.8 Å². The van der Waals surface area contributed by atoms with Gasteiger partial charge in [0.1, 0.15) is 0 Å². The second-order valence-electron chi connectivity index (χ2n) is 2.99. The van der Waals surface area contributed by atoms with E-state index in [4.69, 9.17) is 11.6 Å². The summed E-state index contributed by atoms with van der Waals surface area (Å²) in [6.07, 6.45) is 4.81. The van der Waals surface area contributed by atoms with E-state index in [1.807, 2.05) is 6.92 Å². The largest absolute Gasteiger partial charge is 0.363 e. The van der Waals surface area contributed by atoms with E-state index in [2.05, 4.69) is 15.3 Å². The summed E-state index contributed by atoms with van der Waals surface area (Å²) in [7, 11) is 0. The Morgan fingerprint density at radius 1 is 1.71 bits per heavy atom. The van der Waals surface area contributed by atoms with Crippen LogP contribution in [-0.2, 0) is 0 Å². The van der Waals surface area contributed by atoms with Crippen LogP contribution in [0.5, 0.6) is 0 Å². The van der Waals surface area contributed by atoms with Crippen molar-refractivity contribution in [3.63, 3.8) is 0 Å². The minimum atomic E-state index is -0.194. The van der Waals surface area contributed by atoms with Crippen molar-refractivity contribution in [1.29, 1.82) is 0 Å². The van der Waals surface area contributed by atoms with Gasteiger partial charge in [0.2, 0.25) is 0 Å². The Balaban J connectivity index is 2.67. The average molecular weight is 216 g/mol. The first kappa shape index (κ1) is 11.0. The van der Waals surface area contributed by atoms with Crippen LogP contribution in [0.3, 0.4) is 0 Å². The standard InChI is InChI=1S/C9H14ClN3O/c1-2-7(3-4-10)13-8-9(14)12-6-5-11-8/h5-7H,2-4H2,1H3,(H,11,13)(H,12,14). The molecule has 0 amide bonds. The lowest BCUT2D eigenvalue weighted by Gasteiger charge is -2.14. The molecule has 0 fully saturated rings. The molecule has 4 nitrogen and oxygen atoms in total. The van der Waals surface area contributed by atoms with Gasteiger partial charge in [-0.15, -0.1) is 11.6 Å². The molecule has 78 valence electrons. The van der Waals surface area contributed by atoms with Gasteiger partial charge >= 0.3 is 0 Å². The van der Waals surface area contributed by atoms with Crippen LogP contribution < -0.4 is 10.9 Å². The molecule has 0 saturated carbocycles. The number of hydrogen-bond acceptors (Lipinski definition) is 3. The molecule has 1 aromatic rings. The molecule has 0 spiro atoms. The van der Waals surface area contributed by atoms with Gasteiger partial charge in [0.05, 0.1) is 0 Å². The summed E-state index contributed by atoms with van der Waals surface area (Å²) in [5.74, 6) is 0.945. The Bertz CT molecular complexity index is 326. The lowest BCUT2D eigenvalue weighted by molar-refractivity contribution is 0.670. The fourth-order valence-corrected chi connectivity index (χ4v) is 1.42. The van der Waals surface area contributed by atoms with Gasteiger partial charge in [-0.05, 0) is 12.8 Å². The number of H-pyrrole nitrogens is 1. The average Bonchev–Trinajstić information content (AvgIpc) is 2.20. The second kappa shape index (κ2) is 5.65.